The van der Waals surface area contributed by atoms with E-state index in [2.05, 4.69) is 50.9 Å². The second-order valence-electron chi connectivity index (χ2n) is 6.75. The summed E-state index contributed by atoms with van der Waals surface area (Å²) in [6, 6.07) is 19.6. The van der Waals surface area contributed by atoms with Crippen LogP contribution in [-0.4, -0.2) is 22.9 Å². The van der Waals surface area contributed by atoms with Gasteiger partial charge in [0.1, 0.15) is 5.76 Å². The molecule has 0 atom stereocenters. The summed E-state index contributed by atoms with van der Waals surface area (Å²) >= 11 is 6.98. The lowest BCUT2D eigenvalue weighted by Gasteiger charge is -2.08. The molecule has 5 nitrogen and oxygen atoms in total. The molecule has 0 aliphatic heterocycles. The highest BCUT2D eigenvalue weighted by Gasteiger charge is 2.19. The number of halogens is 2. The molecule has 30 heavy (non-hydrogen) atoms. The number of esters is 1. The molecule has 0 spiro atoms. The van der Waals surface area contributed by atoms with E-state index in [1.165, 1.54) is 7.11 Å². The molecule has 0 aliphatic rings. The van der Waals surface area contributed by atoms with E-state index in [1.807, 2.05) is 41.1 Å². The fraction of sp³-hybridized carbons (Fsp3) is 0.130. The number of benzene rings is 2. The molecule has 4 aromatic rings. The highest BCUT2D eigenvalue weighted by atomic mass is 79.9. The van der Waals surface area contributed by atoms with E-state index in [4.69, 9.17) is 14.3 Å². The van der Waals surface area contributed by atoms with Gasteiger partial charge in [-0.25, -0.2) is 4.79 Å². The van der Waals surface area contributed by atoms with E-state index >= 15 is 0 Å². The third kappa shape index (κ3) is 4.13. The molecule has 0 N–H and O–H groups in total. The summed E-state index contributed by atoms with van der Waals surface area (Å²) in [5.41, 5.74) is 5.05. The second-order valence-corrected chi connectivity index (χ2v) is 8.58. The van der Waals surface area contributed by atoms with Crippen LogP contribution in [0.4, 0.5) is 0 Å². The SMILES string of the molecule is COC(=O)c1ccc(Cn2nc(-c3ccc(Br)cc3)c(C)c2-c2ccc(Br)cc2)o1. The molecule has 0 unspecified atom stereocenters. The van der Waals surface area contributed by atoms with Crippen LogP contribution in [0.1, 0.15) is 21.9 Å². The number of rotatable bonds is 5. The van der Waals surface area contributed by atoms with Crippen molar-refractivity contribution < 1.29 is 13.9 Å². The molecule has 0 fully saturated rings. The maximum atomic E-state index is 11.7. The third-order valence-electron chi connectivity index (χ3n) is 4.78. The van der Waals surface area contributed by atoms with Crippen LogP contribution in [-0.2, 0) is 11.3 Å². The van der Waals surface area contributed by atoms with Crippen molar-refractivity contribution in [1.29, 1.82) is 0 Å². The minimum Gasteiger partial charge on any atom is -0.463 e. The first-order chi connectivity index (χ1) is 14.5. The third-order valence-corrected chi connectivity index (χ3v) is 5.84. The topological polar surface area (TPSA) is 57.3 Å². The Morgan fingerprint density at radius 2 is 1.57 bits per heavy atom. The van der Waals surface area contributed by atoms with Crippen molar-refractivity contribution in [2.75, 3.05) is 7.11 Å². The van der Waals surface area contributed by atoms with E-state index in [1.54, 1.807) is 12.1 Å². The average Bonchev–Trinajstić information content (AvgIpc) is 3.34. The fourth-order valence-electron chi connectivity index (χ4n) is 3.34. The predicted molar refractivity (Wildman–Crippen MR) is 122 cm³/mol. The number of nitrogens with zero attached hydrogens (tertiary/aromatic N) is 2. The Morgan fingerprint density at radius 3 is 2.17 bits per heavy atom. The van der Waals surface area contributed by atoms with E-state index in [9.17, 15) is 4.79 Å². The number of carbonyl (C=O) groups excluding carboxylic acids is 1. The number of furan rings is 1. The van der Waals surface area contributed by atoms with Gasteiger partial charge in [-0.05, 0) is 43.3 Å². The minimum atomic E-state index is -0.499. The van der Waals surface area contributed by atoms with Gasteiger partial charge in [0.15, 0.2) is 0 Å². The summed E-state index contributed by atoms with van der Waals surface area (Å²) in [6.45, 7) is 2.46. The maximum Gasteiger partial charge on any atom is 0.373 e. The molecule has 0 radical (unpaired) electrons. The molecule has 2 aromatic carbocycles. The summed E-state index contributed by atoms with van der Waals surface area (Å²) < 4.78 is 14.3. The number of methoxy groups -OCH3 is 1. The Labute approximate surface area is 190 Å². The minimum absolute atomic E-state index is 0.176. The molecular weight excluding hydrogens is 512 g/mol. The highest BCUT2D eigenvalue weighted by molar-refractivity contribution is 9.10. The molecule has 0 amide bonds. The van der Waals surface area contributed by atoms with Crippen molar-refractivity contribution in [2.24, 2.45) is 0 Å². The van der Waals surface area contributed by atoms with Gasteiger partial charge in [0.2, 0.25) is 5.76 Å². The maximum absolute atomic E-state index is 11.7. The van der Waals surface area contributed by atoms with Gasteiger partial charge in [-0.15, -0.1) is 0 Å². The van der Waals surface area contributed by atoms with Crippen LogP contribution in [0.3, 0.4) is 0 Å². The van der Waals surface area contributed by atoms with Crippen LogP contribution in [0.2, 0.25) is 0 Å². The Bertz CT molecular complexity index is 1190. The molecule has 2 aromatic heterocycles. The lowest BCUT2D eigenvalue weighted by Crippen LogP contribution is -2.04. The zero-order chi connectivity index (χ0) is 21.3. The Hall–Kier alpha value is -2.64. The summed E-state index contributed by atoms with van der Waals surface area (Å²) in [5, 5.41) is 4.89. The summed E-state index contributed by atoms with van der Waals surface area (Å²) in [5.74, 6) is 0.301. The summed E-state index contributed by atoms with van der Waals surface area (Å²) in [6.07, 6.45) is 0. The first kappa shape index (κ1) is 20.6. The molecule has 2 heterocycles. The number of ether oxygens (including phenoxy) is 1. The number of aromatic nitrogens is 2. The Kier molecular flexibility index (Phi) is 5.92. The first-order valence-electron chi connectivity index (χ1n) is 9.22. The number of hydrogen-bond donors (Lipinski definition) is 0. The van der Waals surface area contributed by atoms with Gasteiger partial charge in [0.25, 0.3) is 0 Å². The van der Waals surface area contributed by atoms with Crippen molar-refractivity contribution in [3.8, 4) is 22.5 Å². The zero-order valence-electron chi connectivity index (χ0n) is 16.4. The monoisotopic (exact) mass is 528 g/mol. The molecule has 0 saturated carbocycles. The molecule has 0 aliphatic carbocycles. The van der Waals surface area contributed by atoms with Gasteiger partial charge in [0.05, 0.1) is 25.0 Å². The second kappa shape index (κ2) is 8.62. The van der Waals surface area contributed by atoms with E-state index in [-0.39, 0.29) is 5.76 Å². The molecule has 152 valence electrons. The lowest BCUT2D eigenvalue weighted by atomic mass is 10.0. The van der Waals surface area contributed by atoms with Crippen molar-refractivity contribution in [3.05, 3.63) is 86.7 Å². The van der Waals surface area contributed by atoms with Crippen LogP contribution in [0.25, 0.3) is 22.5 Å². The van der Waals surface area contributed by atoms with Crippen LogP contribution in [0.15, 0.2) is 74.0 Å². The van der Waals surface area contributed by atoms with Crippen molar-refractivity contribution >= 4 is 37.8 Å². The molecule has 7 heteroatoms. The van der Waals surface area contributed by atoms with Crippen molar-refractivity contribution in [2.45, 2.75) is 13.5 Å². The van der Waals surface area contributed by atoms with Gasteiger partial charge >= 0.3 is 5.97 Å². The van der Waals surface area contributed by atoms with Gasteiger partial charge in [-0.2, -0.15) is 5.10 Å². The first-order valence-corrected chi connectivity index (χ1v) is 10.8. The lowest BCUT2D eigenvalue weighted by molar-refractivity contribution is 0.0563. The summed E-state index contributed by atoms with van der Waals surface area (Å²) in [7, 11) is 1.33. The van der Waals surface area contributed by atoms with Crippen LogP contribution in [0.5, 0.6) is 0 Å². The van der Waals surface area contributed by atoms with Crippen LogP contribution >= 0.6 is 31.9 Å². The number of carbonyl (C=O) groups is 1. The molecular formula is C23H18Br2N2O3. The van der Waals surface area contributed by atoms with E-state index in [0.29, 0.717) is 12.3 Å². The van der Waals surface area contributed by atoms with Gasteiger partial charge < -0.3 is 9.15 Å². The average molecular weight is 530 g/mol. The largest absolute Gasteiger partial charge is 0.463 e. The van der Waals surface area contributed by atoms with Gasteiger partial charge in [-0.3, -0.25) is 4.68 Å². The van der Waals surface area contributed by atoms with Crippen LogP contribution < -0.4 is 0 Å². The van der Waals surface area contributed by atoms with Crippen LogP contribution in [0, 0.1) is 6.92 Å². The van der Waals surface area contributed by atoms with E-state index < -0.39 is 5.97 Å². The number of hydrogen-bond acceptors (Lipinski definition) is 4. The Balaban J connectivity index is 1.80. The Morgan fingerprint density at radius 1 is 0.967 bits per heavy atom. The standard InChI is InChI=1S/C23H18Br2N2O3/c1-14-21(15-3-7-17(24)8-4-15)26-27(22(14)16-5-9-18(25)10-6-16)13-19-11-12-20(30-19)23(28)29-2/h3-12H,13H2,1-2H3. The van der Waals surface area contributed by atoms with Gasteiger partial charge in [-0.1, -0.05) is 56.1 Å². The molecule has 0 bridgehead atoms. The van der Waals surface area contributed by atoms with Crippen molar-refractivity contribution in [3.63, 3.8) is 0 Å². The highest BCUT2D eigenvalue weighted by Crippen LogP contribution is 2.33. The van der Waals surface area contributed by atoms with Crippen molar-refractivity contribution in [1.82, 2.24) is 9.78 Å². The molecule has 0 saturated heterocycles. The van der Waals surface area contributed by atoms with E-state index in [0.717, 1.165) is 37.0 Å². The van der Waals surface area contributed by atoms with Gasteiger partial charge in [0, 0.05) is 25.6 Å². The predicted octanol–water partition coefficient (Wildman–Crippen LogP) is 6.48. The normalized spacial score (nSPS) is 10.9. The smallest absolute Gasteiger partial charge is 0.373 e. The molecule has 4 rings (SSSR count). The quantitative estimate of drug-likeness (QED) is 0.278. The zero-order valence-corrected chi connectivity index (χ0v) is 19.5. The summed E-state index contributed by atoms with van der Waals surface area (Å²) in [4.78, 5) is 11.7. The fourth-order valence-corrected chi connectivity index (χ4v) is 3.87.